The zero-order valence-corrected chi connectivity index (χ0v) is 30.3. The lowest BCUT2D eigenvalue weighted by Crippen LogP contribution is -2.46. The summed E-state index contributed by atoms with van der Waals surface area (Å²) < 4.78 is 80.9. The van der Waals surface area contributed by atoms with Crippen molar-refractivity contribution in [3.05, 3.63) is 113 Å². The lowest BCUT2D eigenvalue weighted by molar-refractivity contribution is -0.121. The molecular formula is C39H40F2N2O10S. The van der Waals surface area contributed by atoms with Crippen LogP contribution < -0.4 is 19.1 Å². The number of carboxylic acid groups (broad SMARTS) is 1. The lowest BCUT2D eigenvalue weighted by Gasteiger charge is -2.37. The van der Waals surface area contributed by atoms with Gasteiger partial charge in [0.2, 0.25) is 0 Å². The number of fused-ring (bicyclic) bond motifs is 1. The van der Waals surface area contributed by atoms with Crippen molar-refractivity contribution in [2.24, 2.45) is 0 Å². The van der Waals surface area contributed by atoms with Gasteiger partial charge >= 0.3 is 6.09 Å². The Kier molecular flexibility index (Phi) is 12.3. The third-order valence-electron chi connectivity index (χ3n) is 9.14. The van der Waals surface area contributed by atoms with Crippen molar-refractivity contribution in [1.29, 1.82) is 0 Å². The van der Waals surface area contributed by atoms with Crippen LogP contribution in [0.4, 0.5) is 19.3 Å². The maximum atomic E-state index is 13.8. The normalized spacial score (nSPS) is 17.1. The minimum absolute atomic E-state index is 0.0221. The molecule has 6 rings (SSSR count). The maximum Gasteiger partial charge on any atom is 0.407 e. The fourth-order valence-electron chi connectivity index (χ4n) is 6.27. The van der Waals surface area contributed by atoms with Crippen LogP contribution in [-0.2, 0) is 30.4 Å². The monoisotopic (exact) mass is 766 g/mol. The van der Waals surface area contributed by atoms with E-state index in [0.717, 1.165) is 29.3 Å². The number of nitrogens with zero attached hydrogens (tertiary/aromatic N) is 2. The summed E-state index contributed by atoms with van der Waals surface area (Å²) in [6.07, 6.45) is -0.572. The molecule has 54 heavy (non-hydrogen) atoms. The van der Waals surface area contributed by atoms with E-state index in [9.17, 15) is 31.9 Å². The number of benzene rings is 4. The Balaban J connectivity index is 1.06. The number of piperidine rings is 1. The summed E-state index contributed by atoms with van der Waals surface area (Å²) in [6, 6.07) is 22.0. The SMILES string of the molecule is Cc1ccc(S(=O)(=O)OCCN2C(=O)COc3ccc(COC4CN(C(=O)O)CCC4c4ccc(OCCCOc5cc(F)ccc5F)cc4)cc32)cc1. The molecule has 1 N–H and O–H groups in total. The Hall–Kier alpha value is -5.25. The van der Waals surface area contributed by atoms with Gasteiger partial charge in [-0.3, -0.25) is 8.98 Å². The highest BCUT2D eigenvalue weighted by Crippen LogP contribution is 2.35. The Morgan fingerprint density at radius 2 is 1.70 bits per heavy atom. The molecule has 2 amide bonds. The van der Waals surface area contributed by atoms with Gasteiger partial charge in [-0.15, -0.1) is 0 Å². The van der Waals surface area contributed by atoms with Crippen LogP contribution in [0.2, 0.25) is 0 Å². The molecule has 2 aliphatic rings. The van der Waals surface area contributed by atoms with Gasteiger partial charge in [-0.2, -0.15) is 8.42 Å². The van der Waals surface area contributed by atoms with Crippen LogP contribution in [-0.4, -0.2) is 82.6 Å². The molecule has 2 heterocycles. The number of rotatable bonds is 15. The third kappa shape index (κ3) is 9.64. The van der Waals surface area contributed by atoms with E-state index in [1.807, 2.05) is 31.2 Å². The van der Waals surface area contributed by atoms with Crippen LogP contribution in [0.5, 0.6) is 17.2 Å². The van der Waals surface area contributed by atoms with Crippen molar-refractivity contribution in [2.45, 2.75) is 43.3 Å². The van der Waals surface area contributed by atoms with Crippen LogP contribution in [0, 0.1) is 18.6 Å². The predicted molar refractivity (Wildman–Crippen MR) is 193 cm³/mol. The molecule has 0 radical (unpaired) electrons. The summed E-state index contributed by atoms with van der Waals surface area (Å²) in [4.78, 5) is 27.6. The highest BCUT2D eigenvalue weighted by atomic mass is 32.2. The molecule has 0 bridgehead atoms. The molecule has 0 aliphatic carbocycles. The molecule has 0 spiro atoms. The van der Waals surface area contributed by atoms with Gasteiger partial charge in [-0.1, -0.05) is 35.9 Å². The van der Waals surface area contributed by atoms with E-state index in [1.165, 1.54) is 21.9 Å². The number of hydrogen-bond acceptors (Lipinski definition) is 9. The van der Waals surface area contributed by atoms with Crippen molar-refractivity contribution in [3.8, 4) is 17.2 Å². The molecule has 4 aromatic carbocycles. The van der Waals surface area contributed by atoms with Crippen molar-refractivity contribution in [1.82, 2.24) is 4.90 Å². The van der Waals surface area contributed by atoms with Crippen LogP contribution >= 0.6 is 0 Å². The van der Waals surface area contributed by atoms with E-state index in [0.29, 0.717) is 42.1 Å². The maximum absolute atomic E-state index is 13.8. The van der Waals surface area contributed by atoms with Gasteiger partial charge in [0.1, 0.15) is 17.3 Å². The van der Waals surface area contributed by atoms with Crippen LogP contribution in [0.3, 0.4) is 0 Å². The number of ether oxygens (including phenoxy) is 4. The number of amides is 2. The predicted octanol–water partition coefficient (Wildman–Crippen LogP) is 6.30. The molecule has 1 saturated heterocycles. The van der Waals surface area contributed by atoms with Gasteiger partial charge in [0.15, 0.2) is 18.2 Å². The molecule has 2 aliphatic heterocycles. The zero-order chi connectivity index (χ0) is 38.2. The number of carbonyl (C=O) groups excluding carboxylic acids is 1. The number of carbonyl (C=O) groups is 2. The quantitative estimate of drug-likeness (QED) is 0.108. The van der Waals surface area contributed by atoms with E-state index >= 15 is 0 Å². The van der Waals surface area contributed by atoms with E-state index < -0.39 is 33.9 Å². The molecule has 4 aromatic rings. The van der Waals surface area contributed by atoms with Crippen molar-refractivity contribution in [2.75, 3.05) is 51.0 Å². The summed E-state index contributed by atoms with van der Waals surface area (Å²) >= 11 is 0. The number of anilines is 1. The van der Waals surface area contributed by atoms with Crippen LogP contribution in [0.15, 0.2) is 89.8 Å². The first-order valence-electron chi connectivity index (χ1n) is 17.4. The molecular weight excluding hydrogens is 726 g/mol. The van der Waals surface area contributed by atoms with Gasteiger partial charge in [0.25, 0.3) is 16.0 Å². The largest absolute Gasteiger partial charge is 0.493 e. The molecule has 0 saturated carbocycles. The van der Waals surface area contributed by atoms with E-state index in [-0.39, 0.29) is 68.6 Å². The number of halogens is 2. The van der Waals surface area contributed by atoms with Gasteiger partial charge in [-0.25, -0.2) is 13.6 Å². The number of hydrogen-bond donors (Lipinski definition) is 1. The molecule has 2 unspecified atom stereocenters. The van der Waals surface area contributed by atoms with E-state index in [2.05, 4.69) is 0 Å². The summed E-state index contributed by atoms with van der Waals surface area (Å²) in [5.41, 5.74) is 2.99. The fraction of sp³-hybridized carbons (Fsp3) is 0.333. The third-order valence-corrected chi connectivity index (χ3v) is 10.5. The van der Waals surface area contributed by atoms with Crippen molar-refractivity contribution in [3.63, 3.8) is 0 Å². The van der Waals surface area contributed by atoms with Gasteiger partial charge in [-0.05, 0) is 73.0 Å². The zero-order valence-electron chi connectivity index (χ0n) is 29.5. The molecule has 12 nitrogen and oxygen atoms in total. The standard InChI is InChI=1S/C39H40F2N2O10S/c1-26-3-11-31(12-4-26)54(47,48)53-20-17-43-34-21-27(5-14-35(34)52-25-38(43)44)24-51-37-23-42(39(45)46)16-15-32(37)28-6-9-30(10-7-28)49-18-2-19-50-36-22-29(40)8-13-33(36)41/h3-14,21-22,32,37H,2,15-20,23-25H2,1H3,(H,45,46). The lowest BCUT2D eigenvalue weighted by atomic mass is 9.87. The Bertz CT molecular complexity index is 2050. The second-order valence-corrected chi connectivity index (χ2v) is 14.5. The summed E-state index contributed by atoms with van der Waals surface area (Å²) in [7, 11) is -4.03. The second-order valence-electron chi connectivity index (χ2n) is 12.9. The van der Waals surface area contributed by atoms with Gasteiger partial charge < -0.3 is 33.9 Å². The smallest absolute Gasteiger partial charge is 0.407 e. The van der Waals surface area contributed by atoms with Crippen molar-refractivity contribution < 1.29 is 55.0 Å². The molecule has 286 valence electrons. The fourth-order valence-corrected chi connectivity index (χ4v) is 7.17. The molecule has 0 aromatic heterocycles. The Morgan fingerprint density at radius 3 is 2.46 bits per heavy atom. The summed E-state index contributed by atoms with van der Waals surface area (Å²) in [6.45, 7) is 2.33. The number of likely N-dealkylation sites (tertiary alicyclic amines) is 1. The van der Waals surface area contributed by atoms with Gasteiger partial charge in [0.05, 0.1) is 56.2 Å². The average molecular weight is 767 g/mol. The summed E-state index contributed by atoms with van der Waals surface area (Å²) in [5.74, 6) is -0.823. The molecule has 15 heteroatoms. The second kappa shape index (κ2) is 17.3. The Morgan fingerprint density at radius 1 is 0.944 bits per heavy atom. The minimum atomic E-state index is -4.03. The average Bonchev–Trinajstić information content (AvgIpc) is 3.16. The van der Waals surface area contributed by atoms with Crippen LogP contribution in [0.25, 0.3) is 0 Å². The van der Waals surface area contributed by atoms with Crippen molar-refractivity contribution >= 4 is 27.8 Å². The van der Waals surface area contributed by atoms with E-state index in [1.54, 1.807) is 30.3 Å². The first-order chi connectivity index (χ1) is 26.0. The molecule has 1 fully saturated rings. The topological polar surface area (TPSA) is 141 Å². The first kappa shape index (κ1) is 38.5. The summed E-state index contributed by atoms with van der Waals surface area (Å²) in [5, 5.41) is 9.74. The highest BCUT2D eigenvalue weighted by molar-refractivity contribution is 7.86. The highest BCUT2D eigenvalue weighted by Gasteiger charge is 2.34. The number of aryl methyl sites for hydroxylation is 1. The van der Waals surface area contributed by atoms with E-state index in [4.69, 9.17) is 23.1 Å². The van der Waals surface area contributed by atoms with Crippen LogP contribution in [0.1, 0.15) is 35.4 Å². The first-order valence-corrected chi connectivity index (χ1v) is 18.8. The Labute approximate surface area is 311 Å². The minimum Gasteiger partial charge on any atom is -0.493 e. The van der Waals surface area contributed by atoms with Gasteiger partial charge in [0, 0.05) is 24.9 Å². The molecule has 2 atom stereocenters.